The molecule has 0 aliphatic rings. The molecule has 5 heteroatoms. The van der Waals surface area contributed by atoms with Crippen molar-refractivity contribution >= 4 is 17.3 Å². The van der Waals surface area contributed by atoms with Crippen LogP contribution in [-0.2, 0) is 6.54 Å². The van der Waals surface area contributed by atoms with Gasteiger partial charge in [-0.2, -0.15) is 0 Å². The molecular formula is C15H15ClFNO2. The minimum absolute atomic E-state index is 0.0956. The molecule has 0 aliphatic carbocycles. The quantitative estimate of drug-likeness (QED) is 0.900. The number of anilines is 1. The van der Waals surface area contributed by atoms with Crippen LogP contribution in [0.5, 0.6) is 11.5 Å². The molecule has 0 bridgehead atoms. The van der Waals surface area contributed by atoms with Gasteiger partial charge in [0, 0.05) is 18.3 Å². The van der Waals surface area contributed by atoms with E-state index in [1.165, 1.54) is 6.07 Å². The van der Waals surface area contributed by atoms with Gasteiger partial charge in [0.05, 0.1) is 19.2 Å². The van der Waals surface area contributed by atoms with Crippen LogP contribution in [0.4, 0.5) is 10.1 Å². The Bertz CT molecular complexity index is 582. The van der Waals surface area contributed by atoms with Crippen LogP contribution in [0.1, 0.15) is 5.56 Å². The Morgan fingerprint density at radius 2 is 1.70 bits per heavy atom. The first kappa shape index (κ1) is 14.5. The first-order valence-electron chi connectivity index (χ1n) is 6.03. The van der Waals surface area contributed by atoms with Crippen molar-refractivity contribution in [3.05, 3.63) is 52.8 Å². The highest BCUT2D eigenvalue weighted by atomic mass is 35.5. The van der Waals surface area contributed by atoms with E-state index in [0.29, 0.717) is 6.54 Å². The highest BCUT2D eigenvalue weighted by Gasteiger charge is 2.04. The molecule has 0 heterocycles. The largest absolute Gasteiger partial charge is 0.497 e. The summed E-state index contributed by atoms with van der Waals surface area (Å²) in [6, 6.07) is 10.1. The van der Waals surface area contributed by atoms with Crippen LogP contribution in [0.2, 0.25) is 5.02 Å². The maximum absolute atomic E-state index is 13.1. The van der Waals surface area contributed by atoms with Crippen molar-refractivity contribution in [3.8, 4) is 11.5 Å². The summed E-state index contributed by atoms with van der Waals surface area (Å²) in [5.41, 5.74) is 1.74. The van der Waals surface area contributed by atoms with Gasteiger partial charge < -0.3 is 14.8 Å². The molecule has 0 aliphatic heterocycles. The lowest BCUT2D eigenvalue weighted by Gasteiger charge is -2.10. The van der Waals surface area contributed by atoms with Gasteiger partial charge in [0.25, 0.3) is 0 Å². The lowest BCUT2D eigenvalue weighted by molar-refractivity contribution is 0.393. The predicted octanol–water partition coefficient (Wildman–Crippen LogP) is 4.11. The molecule has 0 spiro atoms. The van der Waals surface area contributed by atoms with Crippen LogP contribution in [0.3, 0.4) is 0 Å². The summed E-state index contributed by atoms with van der Waals surface area (Å²) in [6.45, 7) is 0.551. The first-order valence-corrected chi connectivity index (χ1v) is 6.41. The molecule has 0 fully saturated rings. The fourth-order valence-electron chi connectivity index (χ4n) is 1.78. The van der Waals surface area contributed by atoms with Crippen LogP contribution in [-0.4, -0.2) is 14.2 Å². The Kier molecular flexibility index (Phi) is 4.69. The van der Waals surface area contributed by atoms with Crippen LogP contribution in [0.15, 0.2) is 36.4 Å². The van der Waals surface area contributed by atoms with Gasteiger partial charge in [-0.1, -0.05) is 11.6 Å². The summed E-state index contributed by atoms with van der Waals surface area (Å²) < 4.78 is 23.5. The highest BCUT2D eigenvalue weighted by molar-refractivity contribution is 6.31. The van der Waals surface area contributed by atoms with E-state index < -0.39 is 5.82 Å². The summed E-state index contributed by atoms with van der Waals surface area (Å²) in [5.74, 6) is 1.01. The zero-order valence-corrected chi connectivity index (χ0v) is 12.0. The standard InChI is InChI=1S/C15H15ClFNO2/c1-19-12-5-10(6-13(8-12)20-2)9-18-11-3-4-15(17)14(16)7-11/h3-8,18H,9H2,1-2H3. The van der Waals surface area contributed by atoms with Crippen LogP contribution >= 0.6 is 11.6 Å². The normalized spacial score (nSPS) is 10.2. The molecular weight excluding hydrogens is 281 g/mol. The summed E-state index contributed by atoms with van der Waals surface area (Å²) in [4.78, 5) is 0. The summed E-state index contributed by atoms with van der Waals surface area (Å²) in [5, 5.41) is 3.26. The van der Waals surface area contributed by atoms with Crippen LogP contribution in [0, 0.1) is 5.82 Å². The van der Waals surface area contributed by atoms with Gasteiger partial charge in [-0.25, -0.2) is 4.39 Å². The number of methoxy groups -OCH3 is 2. The van der Waals surface area contributed by atoms with Crippen LogP contribution < -0.4 is 14.8 Å². The van der Waals surface area contributed by atoms with Gasteiger partial charge in [-0.05, 0) is 35.9 Å². The molecule has 0 aromatic heterocycles. The Morgan fingerprint density at radius 3 is 2.25 bits per heavy atom. The average Bonchev–Trinajstić information content (AvgIpc) is 2.48. The van der Waals surface area contributed by atoms with Crippen molar-refractivity contribution in [2.45, 2.75) is 6.54 Å². The topological polar surface area (TPSA) is 30.5 Å². The number of hydrogen-bond donors (Lipinski definition) is 1. The lowest BCUT2D eigenvalue weighted by Crippen LogP contribution is -2.00. The molecule has 2 aromatic carbocycles. The van der Waals surface area contributed by atoms with E-state index in [9.17, 15) is 4.39 Å². The third-order valence-electron chi connectivity index (χ3n) is 2.83. The van der Waals surface area contributed by atoms with E-state index in [-0.39, 0.29) is 5.02 Å². The van der Waals surface area contributed by atoms with Gasteiger partial charge in [-0.15, -0.1) is 0 Å². The summed E-state index contributed by atoms with van der Waals surface area (Å²) >= 11 is 5.74. The Morgan fingerprint density at radius 1 is 1.05 bits per heavy atom. The molecule has 1 N–H and O–H groups in total. The monoisotopic (exact) mass is 295 g/mol. The minimum atomic E-state index is -0.430. The molecule has 0 atom stereocenters. The summed E-state index contributed by atoms with van der Waals surface area (Å²) in [7, 11) is 3.21. The highest BCUT2D eigenvalue weighted by Crippen LogP contribution is 2.24. The smallest absolute Gasteiger partial charge is 0.141 e. The van der Waals surface area contributed by atoms with Crippen molar-refractivity contribution in [1.82, 2.24) is 0 Å². The van der Waals surface area contributed by atoms with Crippen molar-refractivity contribution in [3.63, 3.8) is 0 Å². The van der Waals surface area contributed by atoms with Gasteiger partial charge >= 0.3 is 0 Å². The molecule has 2 rings (SSSR count). The van der Waals surface area contributed by atoms with E-state index in [1.807, 2.05) is 12.1 Å². The van der Waals surface area contributed by atoms with Gasteiger partial charge in [0.2, 0.25) is 0 Å². The second-order valence-corrected chi connectivity index (χ2v) is 4.61. The molecule has 0 saturated heterocycles. The molecule has 0 amide bonds. The molecule has 0 radical (unpaired) electrons. The predicted molar refractivity (Wildman–Crippen MR) is 78.3 cm³/mol. The molecule has 2 aromatic rings. The van der Waals surface area contributed by atoms with E-state index in [0.717, 1.165) is 22.7 Å². The van der Waals surface area contributed by atoms with E-state index in [1.54, 1.807) is 32.4 Å². The fraction of sp³-hybridized carbons (Fsp3) is 0.200. The van der Waals surface area contributed by atoms with Gasteiger partial charge in [-0.3, -0.25) is 0 Å². The molecule has 106 valence electrons. The second-order valence-electron chi connectivity index (χ2n) is 4.20. The molecule has 0 unspecified atom stereocenters. The number of halogens is 2. The number of nitrogens with one attached hydrogen (secondary N) is 1. The Balaban J connectivity index is 2.11. The van der Waals surface area contributed by atoms with Crippen molar-refractivity contribution < 1.29 is 13.9 Å². The van der Waals surface area contributed by atoms with Crippen molar-refractivity contribution in [1.29, 1.82) is 0 Å². The zero-order chi connectivity index (χ0) is 14.5. The number of benzene rings is 2. The Labute approximate surface area is 122 Å². The van der Waals surface area contributed by atoms with E-state index >= 15 is 0 Å². The van der Waals surface area contributed by atoms with E-state index in [4.69, 9.17) is 21.1 Å². The van der Waals surface area contributed by atoms with E-state index in [2.05, 4.69) is 5.32 Å². The third-order valence-corrected chi connectivity index (χ3v) is 3.12. The SMILES string of the molecule is COc1cc(CNc2ccc(F)c(Cl)c2)cc(OC)c1. The average molecular weight is 296 g/mol. The molecule has 20 heavy (non-hydrogen) atoms. The van der Waals surface area contributed by atoms with Crippen LogP contribution in [0.25, 0.3) is 0 Å². The zero-order valence-electron chi connectivity index (χ0n) is 11.2. The number of ether oxygens (including phenoxy) is 2. The minimum Gasteiger partial charge on any atom is -0.497 e. The number of hydrogen-bond acceptors (Lipinski definition) is 3. The Hall–Kier alpha value is -1.94. The second kappa shape index (κ2) is 6.48. The van der Waals surface area contributed by atoms with Gasteiger partial charge in [0.1, 0.15) is 17.3 Å². The first-order chi connectivity index (χ1) is 9.62. The van der Waals surface area contributed by atoms with Gasteiger partial charge in [0.15, 0.2) is 0 Å². The third kappa shape index (κ3) is 3.54. The maximum atomic E-state index is 13.1. The molecule has 3 nitrogen and oxygen atoms in total. The number of rotatable bonds is 5. The molecule has 0 saturated carbocycles. The lowest BCUT2D eigenvalue weighted by atomic mass is 10.2. The maximum Gasteiger partial charge on any atom is 0.141 e. The van der Waals surface area contributed by atoms with Crippen molar-refractivity contribution in [2.24, 2.45) is 0 Å². The van der Waals surface area contributed by atoms with Crippen molar-refractivity contribution in [2.75, 3.05) is 19.5 Å². The fourth-order valence-corrected chi connectivity index (χ4v) is 1.96. The summed E-state index contributed by atoms with van der Waals surface area (Å²) in [6.07, 6.45) is 0.